The molecular weight excluding hydrogens is 440 g/mol. The lowest BCUT2D eigenvalue weighted by Crippen LogP contribution is -2.47. The molecule has 0 unspecified atom stereocenters. The van der Waals surface area contributed by atoms with Crippen molar-refractivity contribution in [1.82, 2.24) is 19.7 Å². The Morgan fingerprint density at radius 1 is 1.21 bits per heavy atom. The fraction of sp³-hybridized carbons (Fsp3) is 0.625. The number of ether oxygens (including phenoxy) is 5. The molecule has 1 atom stereocenters. The van der Waals surface area contributed by atoms with Crippen molar-refractivity contribution in [3.8, 4) is 11.5 Å². The molecule has 0 saturated heterocycles. The molecular formula is C24H36N4O6. The molecule has 3 rings (SSSR count). The number of aryl methyl sites for hydroxylation is 1. The maximum Gasteiger partial charge on any atom is 0.232 e. The Balaban J connectivity index is 1.64. The van der Waals surface area contributed by atoms with Gasteiger partial charge in [-0.2, -0.15) is 5.10 Å². The van der Waals surface area contributed by atoms with E-state index in [4.69, 9.17) is 23.7 Å². The first kappa shape index (κ1) is 25.9. The molecule has 34 heavy (non-hydrogen) atoms. The van der Waals surface area contributed by atoms with Crippen LogP contribution in [0.3, 0.4) is 0 Å². The van der Waals surface area contributed by atoms with Crippen LogP contribution in [0.2, 0.25) is 0 Å². The quantitative estimate of drug-likeness (QED) is 0.407. The normalized spacial score (nSPS) is 18.9. The smallest absolute Gasteiger partial charge is 0.232 e. The van der Waals surface area contributed by atoms with Crippen molar-refractivity contribution in [3.63, 3.8) is 0 Å². The standard InChI is InChI=1S/C24H36N4O6/c1-18-5-7-20(8-6-18)34-21-9-10-25-19(11-21)12-23(29)28(16-30-3)24(33-17-31-4)15-32-22-13-26-27(2)14-22/h9-11,13-14,18,20,24H,5-8,12,15-17H2,1-4H3/t18?,20?,24-/m1/s1. The highest BCUT2D eigenvalue weighted by Gasteiger charge is 2.26. The van der Waals surface area contributed by atoms with Gasteiger partial charge >= 0.3 is 0 Å². The summed E-state index contributed by atoms with van der Waals surface area (Å²) in [7, 11) is 4.84. The molecule has 0 bridgehead atoms. The first-order valence-electron chi connectivity index (χ1n) is 11.6. The minimum absolute atomic E-state index is 0.00383. The highest BCUT2D eigenvalue weighted by atomic mass is 16.7. The van der Waals surface area contributed by atoms with Crippen molar-refractivity contribution in [2.45, 2.75) is 51.4 Å². The van der Waals surface area contributed by atoms with Gasteiger partial charge in [0, 0.05) is 33.5 Å². The molecule has 0 N–H and O–H groups in total. The van der Waals surface area contributed by atoms with Crippen molar-refractivity contribution in [1.29, 1.82) is 0 Å². The number of carbonyl (C=O) groups excluding carboxylic acids is 1. The summed E-state index contributed by atoms with van der Waals surface area (Å²) in [4.78, 5) is 19.1. The van der Waals surface area contributed by atoms with Crippen molar-refractivity contribution in [2.75, 3.05) is 34.4 Å². The molecule has 0 radical (unpaired) electrons. The third kappa shape index (κ3) is 7.96. The number of hydrogen-bond donors (Lipinski definition) is 0. The summed E-state index contributed by atoms with van der Waals surface area (Å²) >= 11 is 0. The molecule has 1 amide bonds. The van der Waals surface area contributed by atoms with Gasteiger partial charge in [0.05, 0.1) is 30.6 Å². The van der Waals surface area contributed by atoms with Crippen LogP contribution in [0.1, 0.15) is 38.3 Å². The van der Waals surface area contributed by atoms with Crippen LogP contribution in [0.5, 0.6) is 11.5 Å². The number of carbonyl (C=O) groups is 1. The second-order valence-electron chi connectivity index (χ2n) is 8.63. The number of pyridine rings is 1. The largest absolute Gasteiger partial charge is 0.490 e. The minimum Gasteiger partial charge on any atom is -0.490 e. The molecule has 0 aromatic carbocycles. The predicted octanol–water partition coefficient (Wildman–Crippen LogP) is 2.77. The van der Waals surface area contributed by atoms with E-state index in [9.17, 15) is 4.79 Å². The molecule has 2 aromatic heterocycles. The number of amides is 1. The van der Waals surface area contributed by atoms with Gasteiger partial charge in [0.15, 0.2) is 12.0 Å². The van der Waals surface area contributed by atoms with E-state index in [2.05, 4.69) is 17.0 Å². The van der Waals surface area contributed by atoms with E-state index in [0.717, 1.165) is 24.5 Å². The van der Waals surface area contributed by atoms with Gasteiger partial charge < -0.3 is 23.7 Å². The number of methoxy groups -OCH3 is 2. The Morgan fingerprint density at radius 2 is 2.00 bits per heavy atom. The van der Waals surface area contributed by atoms with Crippen LogP contribution < -0.4 is 9.47 Å². The molecule has 10 heteroatoms. The van der Waals surface area contributed by atoms with Crippen molar-refractivity contribution < 1.29 is 28.5 Å². The van der Waals surface area contributed by atoms with Crippen LogP contribution in [0.25, 0.3) is 0 Å². The van der Waals surface area contributed by atoms with Crippen LogP contribution in [-0.2, 0) is 32.5 Å². The number of aromatic nitrogens is 3. The molecule has 10 nitrogen and oxygen atoms in total. The second kappa shape index (κ2) is 13.3. The van der Waals surface area contributed by atoms with Crippen molar-refractivity contribution in [3.05, 3.63) is 36.4 Å². The average molecular weight is 477 g/mol. The molecule has 2 aromatic rings. The van der Waals surface area contributed by atoms with Crippen LogP contribution in [0.4, 0.5) is 0 Å². The van der Waals surface area contributed by atoms with Gasteiger partial charge in [-0.3, -0.25) is 19.4 Å². The van der Waals surface area contributed by atoms with Gasteiger partial charge in [-0.05, 0) is 37.7 Å². The molecule has 1 fully saturated rings. The lowest BCUT2D eigenvalue weighted by molar-refractivity contribution is -0.178. The molecule has 1 aliphatic rings. The Kier molecular flexibility index (Phi) is 10.1. The highest BCUT2D eigenvalue weighted by molar-refractivity contribution is 5.78. The Labute approximate surface area is 201 Å². The molecule has 1 saturated carbocycles. The second-order valence-corrected chi connectivity index (χ2v) is 8.63. The van der Waals surface area contributed by atoms with Gasteiger partial charge in [0.1, 0.15) is 25.9 Å². The van der Waals surface area contributed by atoms with Crippen molar-refractivity contribution in [2.24, 2.45) is 13.0 Å². The Hall–Kier alpha value is -2.69. The van der Waals surface area contributed by atoms with E-state index in [0.29, 0.717) is 11.4 Å². The number of rotatable bonds is 13. The molecule has 2 heterocycles. The van der Waals surface area contributed by atoms with Gasteiger partial charge in [0.2, 0.25) is 5.91 Å². The summed E-state index contributed by atoms with van der Waals surface area (Å²) in [5.41, 5.74) is 0.617. The fourth-order valence-electron chi connectivity index (χ4n) is 3.89. The number of hydrogen-bond acceptors (Lipinski definition) is 8. The van der Waals surface area contributed by atoms with Crippen LogP contribution in [-0.4, -0.2) is 72.3 Å². The summed E-state index contributed by atoms with van der Waals surface area (Å²) in [6, 6.07) is 3.67. The molecule has 0 aliphatic heterocycles. The topological polar surface area (TPSA) is 97.2 Å². The van der Waals surface area contributed by atoms with Gasteiger partial charge in [0.25, 0.3) is 0 Å². The Morgan fingerprint density at radius 3 is 2.68 bits per heavy atom. The predicted molar refractivity (Wildman–Crippen MR) is 124 cm³/mol. The SMILES string of the molecule is COCO[C@H](COc1cnn(C)c1)N(COC)C(=O)Cc1cc(OC2CCC(C)CC2)ccn1. The van der Waals surface area contributed by atoms with Crippen LogP contribution >= 0.6 is 0 Å². The molecule has 1 aliphatic carbocycles. The summed E-state index contributed by atoms with van der Waals surface area (Å²) in [5, 5.41) is 4.08. The maximum atomic E-state index is 13.2. The summed E-state index contributed by atoms with van der Waals surface area (Å²) in [6.07, 6.45) is 9.02. The first-order chi connectivity index (χ1) is 16.5. The maximum absolute atomic E-state index is 13.2. The van der Waals surface area contributed by atoms with E-state index < -0.39 is 6.23 Å². The third-order valence-corrected chi connectivity index (χ3v) is 5.77. The van der Waals surface area contributed by atoms with E-state index >= 15 is 0 Å². The van der Waals surface area contributed by atoms with Crippen LogP contribution in [0, 0.1) is 5.92 Å². The van der Waals surface area contributed by atoms with Gasteiger partial charge in [-0.15, -0.1) is 0 Å². The minimum atomic E-state index is -0.726. The number of nitrogens with zero attached hydrogens (tertiary/aromatic N) is 4. The highest BCUT2D eigenvalue weighted by Crippen LogP contribution is 2.27. The summed E-state index contributed by atoms with van der Waals surface area (Å²) in [5.74, 6) is 1.85. The zero-order valence-corrected chi connectivity index (χ0v) is 20.5. The van der Waals surface area contributed by atoms with Gasteiger partial charge in [-0.25, -0.2) is 0 Å². The molecule has 188 valence electrons. The lowest BCUT2D eigenvalue weighted by Gasteiger charge is -2.30. The van der Waals surface area contributed by atoms with E-state index in [1.54, 1.807) is 30.3 Å². The summed E-state index contributed by atoms with van der Waals surface area (Å²) in [6.45, 7) is 2.39. The van der Waals surface area contributed by atoms with E-state index in [1.165, 1.54) is 32.0 Å². The van der Waals surface area contributed by atoms with E-state index in [-0.39, 0.29) is 38.6 Å². The fourth-order valence-corrected chi connectivity index (χ4v) is 3.89. The zero-order chi connectivity index (χ0) is 24.3. The van der Waals surface area contributed by atoms with Crippen LogP contribution in [0.15, 0.2) is 30.7 Å². The zero-order valence-electron chi connectivity index (χ0n) is 20.5. The lowest BCUT2D eigenvalue weighted by atomic mass is 9.89. The molecule has 0 spiro atoms. The monoisotopic (exact) mass is 476 g/mol. The van der Waals surface area contributed by atoms with Gasteiger partial charge in [-0.1, -0.05) is 6.92 Å². The van der Waals surface area contributed by atoms with Crippen molar-refractivity contribution >= 4 is 5.91 Å². The third-order valence-electron chi connectivity index (χ3n) is 5.77. The summed E-state index contributed by atoms with van der Waals surface area (Å²) < 4.78 is 29.6. The average Bonchev–Trinajstić information content (AvgIpc) is 3.25. The van der Waals surface area contributed by atoms with E-state index in [1.807, 2.05) is 12.1 Å². The first-order valence-corrected chi connectivity index (χ1v) is 11.6. The Bertz CT molecular complexity index is 884.